The summed E-state index contributed by atoms with van der Waals surface area (Å²) in [4.78, 5) is 30.7. The number of nitrogens with zero attached hydrogens (tertiary/aromatic N) is 6. The van der Waals surface area contributed by atoms with Gasteiger partial charge >= 0.3 is 0 Å². The molecule has 7 heteroatoms. The van der Waals surface area contributed by atoms with Crippen LogP contribution in [0.1, 0.15) is 5.56 Å². The summed E-state index contributed by atoms with van der Waals surface area (Å²) in [6, 6.07) is 73.3. The Kier molecular flexibility index (Phi) is 9.81. The van der Waals surface area contributed by atoms with Crippen molar-refractivity contribution in [2.75, 3.05) is 0 Å². The summed E-state index contributed by atoms with van der Waals surface area (Å²) in [5.41, 5.74) is 11.1. The van der Waals surface area contributed by atoms with E-state index in [1.54, 1.807) is 0 Å². The van der Waals surface area contributed by atoms with Crippen molar-refractivity contribution >= 4 is 42.3 Å². The van der Waals surface area contributed by atoms with Gasteiger partial charge in [-0.25, -0.2) is 29.9 Å². The van der Waals surface area contributed by atoms with Gasteiger partial charge in [-0.2, -0.15) is 0 Å². The van der Waals surface area contributed by atoms with Crippen molar-refractivity contribution in [1.29, 1.82) is 0 Å². The van der Waals surface area contributed by atoms with Gasteiger partial charge in [0.25, 0.3) is 0 Å². The van der Waals surface area contributed by atoms with E-state index in [9.17, 15) is 0 Å². The smallest absolute Gasteiger partial charge is 0.164 e. The number of hydrogen-bond donors (Lipinski definition) is 0. The summed E-state index contributed by atoms with van der Waals surface area (Å²) in [6.07, 6.45) is 0. The maximum atomic E-state index is 5.19. The molecule has 310 valence electrons. The number of fused-ring (bicyclic) bond motifs is 5. The first kappa shape index (κ1) is 39.1. The normalized spacial score (nSPS) is 11.4. The van der Waals surface area contributed by atoms with Gasteiger partial charge in [0.15, 0.2) is 34.9 Å². The Balaban J connectivity index is 1.09. The molecule has 0 unspecified atom stereocenters. The third kappa shape index (κ3) is 7.08. The van der Waals surface area contributed by atoms with E-state index < -0.39 is 0 Å². The van der Waals surface area contributed by atoms with Crippen LogP contribution in [0.25, 0.3) is 122 Å². The fourth-order valence-corrected chi connectivity index (χ4v) is 10.3. The minimum atomic E-state index is 0.619. The van der Waals surface area contributed by atoms with Gasteiger partial charge in [-0.1, -0.05) is 194 Å². The highest BCUT2D eigenvalue weighted by atomic mass is 32.1. The highest BCUT2D eigenvalue weighted by Crippen LogP contribution is 2.49. The van der Waals surface area contributed by atoms with Gasteiger partial charge in [0.1, 0.15) is 0 Å². The molecule has 66 heavy (non-hydrogen) atoms. The lowest BCUT2D eigenvalue weighted by Crippen LogP contribution is -2.01. The predicted molar refractivity (Wildman–Crippen MR) is 272 cm³/mol. The van der Waals surface area contributed by atoms with Crippen molar-refractivity contribution in [3.05, 3.63) is 218 Å². The van der Waals surface area contributed by atoms with E-state index in [-0.39, 0.29) is 0 Å². The lowest BCUT2D eigenvalue weighted by atomic mass is 9.92. The molecule has 0 saturated carbocycles. The van der Waals surface area contributed by atoms with Crippen molar-refractivity contribution in [3.63, 3.8) is 0 Å². The molecule has 0 radical (unpaired) electrons. The maximum Gasteiger partial charge on any atom is 0.164 e. The molecule has 0 amide bonds. The Morgan fingerprint density at radius 3 is 1.11 bits per heavy atom. The third-order valence-electron chi connectivity index (χ3n) is 12.0. The second kappa shape index (κ2) is 16.6. The fourth-order valence-electron chi connectivity index (χ4n) is 8.96. The van der Waals surface area contributed by atoms with Crippen molar-refractivity contribution in [3.8, 4) is 90.6 Å². The van der Waals surface area contributed by atoms with Gasteiger partial charge in [-0.15, -0.1) is 11.3 Å². The van der Waals surface area contributed by atoms with Crippen LogP contribution >= 0.6 is 11.3 Å². The van der Waals surface area contributed by atoms with Crippen LogP contribution in [0, 0.1) is 6.92 Å². The minimum Gasteiger partial charge on any atom is -0.208 e. The van der Waals surface area contributed by atoms with Crippen LogP contribution in [0.15, 0.2) is 212 Å². The molecule has 0 atom stereocenters. The molecule has 0 saturated heterocycles. The summed E-state index contributed by atoms with van der Waals surface area (Å²) in [5.74, 6) is 3.76. The van der Waals surface area contributed by atoms with Crippen molar-refractivity contribution in [2.45, 2.75) is 6.92 Å². The average molecular weight is 863 g/mol. The lowest BCUT2D eigenvalue weighted by Gasteiger charge is -2.14. The number of aromatic nitrogens is 6. The van der Waals surface area contributed by atoms with Crippen LogP contribution in [0.4, 0.5) is 0 Å². The standard InChI is InChI=1S/C59H38N6S/c1-37-34-48(44-30-16-18-32-46(44)58-62-54(38-20-6-2-7-21-38)60-55(63-58)39-22-8-3-9-23-39)52-50(35-37)51-43-29-15-14-28-42(43)36-49(53(51)66-52)45-31-17-19-33-47(45)59-64-56(40-24-10-4-11-25-40)61-57(65-59)41-26-12-5-13-27-41/h2-36H,1H3. The number of rotatable bonds is 8. The molecule has 0 bridgehead atoms. The van der Waals surface area contributed by atoms with Crippen LogP contribution in [-0.4, -0.2) is 29.9 Å². The average Bonchev–Trinajstić information content (AvgIpc) is 3.78. The molecule has 0 N–H and O–H groups in total. The Morgan fingerprint density at radius 1 is 0.288 bits per heavy atom. The SMILES string of the molecule is Cc1cc(-c2ccccc2-c2nc(-c3ccccc3)nc(-c3ccccc3)n2)c2sc3c(-c4ccccc4-c4nc(-c5ccccc5)nc(-c5ccccc5)n4)cc4ccccc4c3c2c1. The summed E-state index contributed by atoms with van der Waals surface area (Å²) < 4.78 is 2.38. The minimum absolute atomic E-state index is 0.619. The summed E-state index contributed by atoms with van der Waals surface area (Å²) in [6.45, 7) is 2.19. The zero-order valence-electron chi connectivity index (χ0n) is 35.8. The molecule has 6 nitrogen and oxygen atoms in total. The monoisotopic (exact) mass is 862 g/mol. The van der Waals surface area contributed by atoms with Gasteiger partial charge in [0.2, 0.25) is 0 Å². The van der Waals surface area contributed by atoms with E-state index in [1.165, 1.54) is 31.1 Å². The first-order valence-electron chi connectivity index (χ1n) is 21.9. The van der Waals surface area contributed by atoms with E-state index in [0.717, 1.165) is 61.0 Å². The van der Waals surface area contributed by atoms with E-state index in [0.29, 0.717) is 34.9 Å². The molecule has 3 aromatic heterocycles. The highest BCUT2D eigenvalue weighted by molar-refractivity contribution is 7.27. The van der Waals surface area contributed by atoms with Crippen LogP contribution in [-0.2, 0) is 0 Å². The van der Waals surface area contributed by atoms with Crippen LogP contribution in [0.3, 0.4) is 0 Å². The molecule has 0 spiro atoms. The first-order chi connectivity index (χ1) is 32.6. The Hall–Kier alpha value is -8.52. The molecule has 12 aromatic rings. The zero-order chi connectivity index (χ0) is 44.0. The molecule has 9 aromatic carbocycles. The van der Waals surface area contributed by atoms with Gasteiger partial charge in [-0.3, -0.25) is 0 Å². The largest absolute Gasteiger partial charge is 0.208 e. The maximum absolute atomic E-state index is 5.19. The number of aryl methyl sites for hydroxylation is 1. The highest BCUT2D eigenvalue weighted by Gasteiger charge is 2.23. The number of thiophene rings is 1. The molecule has 0 aliphatic heterocycles. The first-order valence-corrected chi connectivity index (χ1v) is 22.8. The number of benzene rings is 9. The molecular weight excluding hydrogens is 825 g/mol. The molecular formula is C59H38N6S. The van der Waals surface area contributed by atoms with Crippen LogP contribution in [0.2, 0.25) is 0 Å². The predicted octanol–water partition coefficient (Wildman–Crippen LogP) is 15.2. The molecule has 0 aliphatic carbocycles. The quantitative estimate of drug-likeness (QED) is 0.151. The Labute approximate surface area is 385 Å². The molecule has 3 heterocycles. The Bertz CT molecular complexity index is 3650. The van der Waals surface area contributed by atoms with Crippen LogP contribution in [0.5, 0.6) is 0 Å². The van der Waals surface area contributed by atoms with E-state index >= 15 is 0 Å². The van der Waals surface area contributed by atoms with Crippen molar-refractivity contribution < 1.29 is 0 Å². The third-order valence-corrected chi connectivity index (χ3v) is 13.3. The zero-order valence-corrected chi connectivity index (χ0v) is 36.6. The molecule has 12 rings (SSSR count). The van der Waals surface area contributed by atoms with Gasteiger partial charge in [0.05, 0.1) is 0 Å². The fraction of sp³-hybridized carbons (Fsp3) is 0.0169. The van der Waals surface area contributed by atoms with Crippen LogP contribution < -0.4 is 0 Å². The van der Waals surface area contributed by atoms with E-state index in [1.807, 2.05) is 133 Å². The summed E-state index contributed by atoms with van der Waals surface area (Å²) in [7, 11) is 0. The van der Waals surface area contributed by atoms with Gasteiger partial charge < -0.3 is 0 Å². The molecule has 0 fully saturated rings. The van der Waals surface area contributed by atoms with Gasteiger partial charge in [0, 0.05) is 64.7 Å². The van der Waals surface area contributed by atoms with E-state index in [2.05, 4.69) is 97.9 Å². The lowest BCUT2D eigenvalue weighted by molar-refractivity contribution is 1.07. The topological polar surface area (TPSA) is 77.3 Å². The van der Waals surface area contributed by atoms with Crippen molar-refractivity contribution in [1.82, 2.24) is 29.9 Å². The molecule has 0 aliphatic rings. The van der Waals surface area contributed by atoms with Crippen molar-refractivity contribution in [2.24, 2.45) is 0 Å². The van der Waals surface area contributed by atoms with Gasteiger partial charge in [-0.05, 0) is 52.6 Å². The second-order valence-electron chi connectivity index (χ2n) is 16.3. The number of hydrogen-bond acceptors (Lipinski definition) is 7. The summed E-state index contributed by atoms with van der Waals surface area (Å²) >= 11 is 1.83. The Morgan fingerprint density at radius 2 is 0.652 bits per heavy atom. The summed E-state index contributed by atoms with van der Waals surface area (Å²) in [5, 5.41) is 4.80. The van der Waals surface area contributed by atoms with E-state index in [4.69, 9.17) is 29.9 Å². The second-order valence-corrected chi connectivity index (χ2v) is 17.3.